The molecule has 0 fully saturated rings. The molecule has 3 atom stereocenters. The van der Waals surface area contributed by atoms with E-state index in [4.69, 9.17) is 16.3 Å². The highest BCUT2D eigenvalue weighted by molar-refractivity contribution is 6.30. The number of carbonyl (C=O) groups excluding carboxylic acids is 1. The average molecular weight is 478 g/mol. The summed E-state index contributed by atoms with van der Waals surface area (Å²) in [6, 6.07) is 11.1. The van der Waals surface area contributed by atoms with Gasteiger partial charge in [-0.3, -0.25) is 4.79 Å². The van der Waals surface area contributed by atoms with E-state index in [1.165, 1.54) is 24.3 Å². The molecule has 0 spiro atoms. The molecule has 3 N–H and O–H groups in total. The van der Waals surface area contributed by atoms with Crippen LogP contribution in [0.5, 0.6) is 0 Å². The molecule has 0 saturated carbocycles. The Morgan fingerprint density at radius 1 is 1.12 bits per heavy atom. The summed E-state index contributed by atoms with van der Waals surface area (Å²) in [6.07, 6.45) is -0.234. The Bertz CT molecular complexity index is 925. The maximum atomic E-state index is 13.2. The molecule has 2 aromatic carbocycles. The largest absolute Gasteiger partial charge is 0.380 e. The maximum absolute atomic E-state index is 13.2. The predicted molar refractivity (Wildman–Crippen MR) is 128 cm³/mol. The molecule has 0 bridgehead atoms. The Labute approximate surface area is 197 Å². The van der Waals surface area contributed by atoms with E-state index in [1.807, 2.05) is 13.8 Å². The minimum Gasteiger partial charge on any atom is -0.380 e. The quantitative estimate of drug-likeness (QED) is 0.195. The van der Waals surface area contributed by atoms with Crippen LogP contribution in [0.2, 0.25) is 5.02 Å². The Hall–Kier alpha value is -2.88. The number of ether oxygens (including phenoxy) is 1. The molecule has 2 rings (SSSR count). The van der Waals surface area contributed by atoms with E-state index in [0.29, 0.717) is 29.4 Å². The number of nitroso groups, excluding NO2 is 1. The van der Waals surface area contributed by atoms with E-state index in [2.05, 4.69) is 26.1 Å². The molecule has 33 heavy (non-hydrogen) atoms. The van der Waals surface area contributed by atoms with Crippen molar-refractivity contribution in [1.82, 2.24) is 16.0 Å². The predicted octanol–water partition coefficient (Wildman–Crippen LogP) is 4.02. The van der Waals surface area contributed by atoms with Crippen molar-refractivity contribution >= 4 is 23.5 Å². The summed E-state index contributed by atoms with van der Waals surface area (Å²) < 4.78 is 18.7. The lowest BCUT2D eigenvalue weighted by Gasteiger charge is -2.25. The van der Waals surface area contributed by atoms with Gasteiger partial charge < -0.3 is 20.7 Å². The van der Waals surface area contributed by atoms with Gasteiger partial charge in [-0.2, -0.15) is 9.90 Å². The lowest BCUT2D eigenvalue weighted by molar-refractivity contribution is 0.100. The molecule has 2 unspecified atom stereocenters. The minimum atomic E-state index is -0.732. The van der Waals surface area contributed by atoms with Gasteiger partial charge in [-0.15, -0.1) is 0 Å². The highest BCUT2D eigenvalue weighted by atomic mass is 35.5. The lowest BCUT2D eigenvalue weighted by Crippen LogP contribution is -2.52. The molecule has 178 valence electrons. The fraction of sp³-hybridized carbons (Fsp3) is 0.391. The number of hydrogen-bond acceptors (Lipinski definition) is 5. The number of rotatable bonds is 11. The van der Waals surface area contributed by atoms with Crippen molar-refractivity contribution in [1.29, 1.82) is 0 Å². The summed E-state index contributed by atoms with van der Waals surface area (Å²) >= 11 is 5.90. The topological polar surface area (TPSA) is 104 Å². The Balaban J connectivity index is 2.20. The average Bonchev–Trinajstić information content (AvgIpc) is 2.81. The summed E-state index contributed by atoms with van der Waals surface area (Å²) in [5.41, 5.74) is 0.958. The van der Waals surface area contributed by atoms with Crippen molar-refractivity contribution in [2.75, 3.05) is 20.3 Å². The van der Waals surface area contributed by atoms with Gasteiger partial charge in [-0.05, 0) is 62.9 Å². The minimum absolute atomic E-state index is 0.149. The molecule has 0 radical (unpaired) electrons. The summed E-state index contributed by atoms with van der Waals surface area (Å²) in [5.74, 6) is -0.650. The standard InChI is InChI=1S/C23H29ClFN5O3/c1-4-33-14-15(2)27-23(29-22(31)17-5-9-18(24)10-6-17)28-21(26-3)13-20(30-32)16-7-11-19(25)12-8-16/h5-12,15,20-21,26H,4,13-14H2,1-3H3,(H2,27,28,29,31)/t15-,20?,21?/m0/s1. The molecular weight excluding hydrogens is 449 g/mol. The van der Waals surface area contributed by atoms with Gasteiger partial charge in [0.25, 0.3) is 5.91 Å². The number of hydrogen-bond donors (Lipinski definition) is 3. The van der Waals surface area contributed by atoms with E-state index < -0.39 is 23.9 Å². The van der Waals surface area contributed by atoms with Crippen molar-refractivity contribution in [3.8, 4) is 0 Å². The zero-order valence-corrected chi connectivity index (χ0v) is 19.6. The van der Waals surface area contributed by atoms with Crippen molar-refractivity contribution in [2.24, 2.45) is 10.2 Å². The summed E-state index contributed by atoms with van der Waals surface area (Å²) in [4.78, 5) is 28.4. The fourth-order valence-electron chi connectivity index (χ4n) is 3.00. The molecule has 0 aromatic heterocycles. The van der Waals surface area contributed by atoms with Crippen LogP contribution in [0.25, 0.3) is 0 Å². The van der Waals surface area contributed by atoms with Gasteiger partial charge in [0.2, 0.25) is 5.96 Å². The first-order valence-corrected chi connectivity index (χ1v) is 11.0. The molecule has 0 aliphatic rings. The second-order valence-electron chi connectivity index (χ2n) is 7.37. The lowest BCUT2D eigenvalue weighted by atomic mass is 10.0. The van der Waals surface area contributed by atoms with Gasteiger partial charge in [0.15, 0.2) is 0 Å². The van der Waals surface area contributed by atoms with Crippen molar-refractivity contribution in [3.05, 3.63) is 75.4 Å². The van der Waals surface area contributed by atoms with Gasteiger partial charge in [0, 0.05) is 29.7 Å². The maximum Gasteiger partial charge on any atom is 0.280 e. The van der Waals surface area contributed by atoms with Crippen LogP contribution >= 0.6 is 11.6 Å². The Morgan fingerprint density at radius 2 is 1.79 bits per heavy atom. The number of carbonyl (C=O) groups is 1. The van der Waals surface area contributed by atoms with E-state index in [9.17, 15) is 14.1 Å². The monoisotopic (exact) mass is 477 g/mol. The molecule has 0 saturated heterocycles. The van der Waals surface area contributed by atoms with E-state index in [1.54, 1.807) is 31.3 Å². The third-order valence-electron chi connectivity index (χ3n) is 4.76. The summed E-state index contributed by atoms with van der Waals surface area (Å²) in [6.45, 7) is 4.75. The number of benzene rings is 2. The van der Waals surface area contributed by atoms with Gasteiger partial charge in [-0.1, -0.05) is 28.9 Å². The number of nitrogens with one attached hydrogen (secondary N) is 3. The summed E-state index contributed by atoms with van der Waals surface area (Å²) in [5, 5.41) is 13.0. The van der Waals surface area contributed by atoms with Crippen LogP contribution in [0.1, 0.15) is 42.2 Å². The molecule has 2 aromatic rings. The molecule has 8 nitrogen and oxygen atoms in total. The fourth-order valence-corrected chi connectivity index (χ4v) is 3.12. The molecule has 0 aliphatic heterocycles. The van der Waals surface area contributed by atoms with Crippen LogP contribution in [-0.4, -0.2) is 44.3 Å². The number of halogens is 2. The van der Waals surface area contributed by atoms with Crippen LogP contribution in [-0.2, 0) is 4.74 Å². The number of nitrogens with zero attached hydrogens (tertiary/aromatic N) is 2. The molecule has 0 aliphatic carbocycles. The highest BCUT2D eigenvalue weighted by Crippen LogP contribution is 2.22. The second kappa shape index (κ2) is 13.6. The Morgan fingerprint density at radius 3 is 2.36 bits per heavy atom. The highest BCUT2D eigenvalue weighted by Gasteiger charge is 2.20. The first-order chi connectivity index (χ1) is 15.9. The van der Waals surface area contributed by atoms with E-state index in [0.717, 1.165) is 0 Å². The first kappa shape index (κ1) is 26.4. The first-order valence-electron chi connectivity index (χ1n) is 10.6. The molecule has 10 heteroatoms. The zero-order valence-electron chi connectivity index (χ0n) is 18.8. The van der Waals surface area contributed by atoms with Crippen molar-refractivity contribution < 1.29 is 13.9 Å². The normalized spacial score (nSPS) is 14.3. The van der Waals surface area contributed by atoms with E-state index >= 15 is 0 Å². The number of amides is 1. The Kier molecular flexibility index (Phi) is 10.9. The van der Waals surface area contributed by atoms with Crippen LogP contribution < -0.4 is 16.0 Å². The van der Waals surface area contributed by atoms with Gasteiger partial charge in [0.05, 0.1) is 12.8 Å². The zero-order chi connectivity index (χ0) is 24.2. The smallest absolute Gasteiger partial charge is 0.280 e. The van der Waals surface area contributed by atoms with Crippen LogP contribution in [0.3, 0.4) is 0 Å². The van der Waals surface area contributed by atoms with Crippen LogP contribution in [0, 0.1) is 10.7 Å². The van der Waals surface area contributed by atoms with Crippen LogP contribution in [0.4, 0.5) is 4.39 Å². The third-order valence-corrected chi connectivity index (χ3v) is 5.01. The molecular formula is C23H29ClFN5O3. The number of guanidine groups is 1. The van der Waals surface area contributed by atoms with E-state index in [-0.39, 0.29) is 18.4 Å². The second-order valence-corrected chi connectivity index (χ2v) is 7.81. The number of aliphatic imine (C=N–C) groups is 1. The van der Waals surface area contributed by atoms with Crippen molar-refractivity contribution in [3.63, 3.8) is 0 Å². The molecule has 1 amide bonds. The molecule has 0 heterocycles. The SMILES string of the molecule is CCOC[C@H](C)N/C(=N/C(=O)c1ccc(Cl)cc1)NC(CC(N=O)c1ccc(F)cc1)NC. The van der Waals surface area contributed by atoms with Crippen LogP contribution in [0.15, 0.2) is 58.7 Å². The summed E-state index contributed by atoms with van der Waals surface area (Å²) in [7, 11) is 1.70. The third kappa shape index (κ3) is 8.88. The van der Waals surface area contributed by atoms with Gasteiger partial charge in [-0.25, -0.2) is 4.39 Å². The van der Waals surface area contributed by atoms with Gasteiger partial charge >= 0.3 is 0 Å². The van der Waals surface area contributed by atoms with Gasteiger partial charge in [0.1, 0.15) is 11.9 Å². The van der Waals surface area contributed by atoms with Crippen molar-refractivity contribution in [2.45, 2.75) is 38.5 Å².